The quantitative estimate of drug-likeness (QED) is 0.606. The maximum Gasteiger partial charge on any atom is 0.338 e. The first-order chi connectivity index (χ1) is 12.6. The summed E-state index contributed by atoms with van der Waals surface area (Å²) in [5.41, 5.74) is 4.45. The van der Waals surface area contributed by atoms with Gasteiger partial charge in [-0.25, -0.2) is 17.9 Å². The Morgan fingerprint density at radius 2 is 1.67 bits per heavy atom. The lowest BCUT2D eigenvalue weighted by Crippen LogP contribution is -2.20. The molecule has 144 valence electrons. The van der Waals surface area contributed by atoms with Gasteiger partial charge in [-0.2, -0.15) is 0 Å². The number of carbonyl (C=O) groups is 2. The molecule has 0 amide bonds. The molecule has 1 N–H and O–H groups in total. The standard InChI is InChI=1S/C20H23NO5S/c1-12-9-13(2)19(15(4)14(12)3)18(22)11-26-20(23)16-7-6-8-17(10-16)27(24,25)21-5/h6-10,21H,11H2,1-5H3. The molecule has 0 saturated heterocycles. The Bertz CT molecular complexity index is 1010. The molecule has 2 aromatic rings. The third-order valence-electron chi connectivity index (χ3n) is 4.62. The van der Waals surface area contributed by atoms with Crippen molar-refractivity contribution < 1.29 is 22.7 Å². The van der Waals surface area contributed by atoms with Gasteiger partial charge in [0.05, 0.1) is 10.5 Å². The smallest absolute Gasteiger partial charge is 0.338 e. The highest BCUT2D eigenvalue weighted by molar-refractivity contribution is 7.89. The van der Waals surface area contributed by atoms with Gasteiger partial charge < -0.3 is 4.74 Å². The van der Waals surface area contributed by atoms with Gasteiger partial charge in [0, 0.05) is 5.56 Å². The Morgan fingerprint density at radius 1 is 1.00 bits per heavy atom. The lowest BCUT2D eigenvalue weighted by Gasteiger charge is -2.14. The molecule has 27 heavy (non-hydrogen) atoms. The van der Waals surface area contributed by atoms with E-state index in [4.69, 9.17) is 4.74 Å². The normalized spacial score (nSPS) is 11.3. The number of sulfonamides is 1. The monoisotopic (exact) mass is 389 g/mol. The molecule has 0 aromatic heterocycles. The van der Waals surface area contributed by atoms with Gasteiger partial charge in [0.15, 0.2) is 6.61 Å². The van der Waals surface area contributed by atoms with Crippen LogP contribution < -0.4 is 4.72 Å². The molecule has 0 aliphatic carbocycles. The fraction of sp³-hybridized carbons (Fsp3) is 0.300. The summed E-state index contributed by atoms with van der Waals surface area (Å²) >= 11 is 0. The number of rotatable bonds is 6. The van der Waals surface area contributed by atoms with E-state index in [0.29, 0.717) is 5.56 Å². The number of Topliss-reactive ketones (excluding diaryl/α,β-unsaturated/α-hetero) is 1. The average molecular weight is 389 g/mol. The first kappa shape index (κ1) is 20.8. The molecule has 0 heterocycles. The van der Waals surface area contributed by atoms with Crippen molar-refractivity contribution in [2.45, 2.75) is 32.6 Å². The summed E-state index contributed by atoms with van der Waals surface area (Å²) in [5, 5.41) is 0. The van der Waals surface area contributed by atoms with E-state index in [9.17, 15) is 18.0 Å². The zero-order valence-corrected chi connectivity index (χ0v) is 16.9. The van der Waals surface area contributed by atoms with Crippen LogP contribution >= 0.6 is 0 Å². The minimum absolute atomic E-state index is 0.0494. The molecule has 0 fully saturated rings. The van der Waals surface area contributed by atoms with E-state index in [0.717, 1.165) is 22.3 Å². The Balaban J connectivity index is 2.19. The van der Waals surface area contributed by atoms with E-state index in [2.05, 4.69) is 4.72 Å². The summed E-state index contributed by atoms with van der Waals surface area (Å²) in [6.07, 6.45) is 0. The fourth-order valence-corrected chi connectivity index (χ4v) is 3.68. The summed E-state index contributed by atoms with van der Waals surface area (Å²) < 4.78 is 31.0. The Labute approximate surface area is 159 Å². The second kappa shape index (κ2) is 8.02. The largest absolute Gasteiger partial charge is 0.454 e. The van der Waals surface area contributed by atoms with Crippen LogP contribution in [0.1, 0.15) is 43.0 Å². The van der Waals surface area contributed by atoms with Crippen molar-refractivity contribution >= 4 is 21.8 Å². The molecule has 0 bridgehead atoms. The summed E-state index contributed by atoms with van der Waals surface area (Å²) in [5.74, 6) is -1.05. The third-order valence-corrected chi connectivity index (χ3v) is 6.03. The van der Waals surface area contributed by atoms with Crippen molar-refractivity contribution in [3.63, 3.8) is 0 Å². The van der Waals surface area contributed by atoms with E-state index in [-0.39, 0.29) is 16.2 Å². The molecule has 2 rings (SSSR count). The van der Waals surface area contributed by atoms with E-state index in [1.807, 2.05) is 33.8 Å². The molecule has 7 heteroatoms. The highest BCUT2D eigenvalue weighted by Crippen LogP contribution is 2.22. The first-order valence-electron chi connectivity index (χ1n) is 8.39. The molecule has 0 radical (unpaired) electrons. The van der Waals surface area contributed by atoms with E-state index < -0.39 is 22.6 Å². The number of esters is 1. The Morgan fingerprint density at radius 3 is 2.30 bits per heavy atom. The maximum atomic E-state index is 12.6. The van der Waals surface area contributed by atoms with Crippen molar-refractivity contribution in [1.29, 1.82) is 0 Å². The lowest BCUT2D eigenvalue weighted by atomic mass is 9.92. The van der Waals surface area contributed by atoms with Gasteiger partial charge in [0.2, 0.25) is 15.8 Å². The van der Waals surface area contributed by atoms with Crippen LogP contribution in [-0.2, 0) is 14.8 Å². The SMILES string of the molecule is CNS(=O)(=O)c1cccc(C(=O)OCC(=O)c2c(C)cc(C)c(C)c2C)c1. The molecule has 2 aromatic carbocycles. The summed E-state index contributed by atoms with van der Waals surface area (Å²) in [7, 11) is -2.39. The number of carbonyl (C=O) groups excluding carboxylic acids is 2. The topological polar surface area (TPSA) is 89.5 Å². The van der Waals surface area contributed by atoms with Crippen molar-refractivity contribution in [2.24, 2.45) is 0 Å². The number of ether oxygens (including phenoxy) is 1. The molecule has 0 unspecified atom stereocenters. The minimum Gasteiger partial charge on any atom is -0.454 e. The van der Waals surface area contributed by atoms with Crippen LogP contribution in [-0.4, -0.2) is 33.8 Å². The van der Waals surface area contributed by atoms with Gasteiger partial charge in [0.25, 0.3) is 0 Å². The Hall–Kier alpha value is -2.51. The Kier molecular flexibility index (Phi) is 6.18. The molecule has 0 spiro atoms. The van der Waals surface area contributed by atoms with E-state index in [1.54, 1.807) is 0 Å². The van der Waals surface area contributed by atoms with Gasteiger partial charge in [-0.15, -0.1) is 0 Å². The van der Waals surface area contributed by atoms with Crippen LogP contribution in [0, 0.1) is 27.7 Å². The van der Waals surface area contributed by atoms with E-state index >= 15 is 0 Å². The molecular weight excluding hydrogens is 366 g/mol. The van der Waals surface area contributed by atoms with Crippen molar-refractivity contribution in [1.82, 2.24) is 4.72 Å². The van der Waals surface area contributed by atoms with Gasteiger partial charge in [-0.1, -0.05) is 12.1 Å². The van der Waals surface area contributed by atoms with Crippen LogP contribution in [0.5, 0.6) is 0 Å². The van der Waals surface area contributed by atoms with Gasteiger partial charge in [0.1, 0.15) is 0 Å². The minimum atomic E-state index is -3.67. The van der Waals surface area contributed by atoms with Crippen molar-refractivity contribution in [2.75, 3.05) is 13.7 Å². The number of nitrogens with one attached hydrogen (secondary N) is 1. The predicted molar refractivity (Wildman–Crippen MR) is 103 cm³/mol. The molecule has 0 atom stereocenters. The number of benzene rings is 2. The van der Waals surface area contributed by atoms with Gasteiger partial charge in [-0.05, 0) is 75.2 Å². The number of aryl methyl sites for hydroxylation is 2. The van der Waals surface area contributed by atoms with Crippen LogP contribution in [0.2, 0.25) is 0 Å². The summed E-state index contributed by atoms with van der Waals surface area (Å²) in [6, 6.07) is 7.40. The molecule has 0 aliphatic rings. The van der Waals surface area contributed by atoms with Gasteiger partial charge >= 0.3 is 5.97 Å². The highest BCUT2D eigenvalue weighted by Gasteiger charge is 2.19. The van der Waals surface area contributed by atoms with Crippen molar-refractivity contribution in [3.8, 4) is 0 Å². The van der Waals surface area contributed by atoms with Crippen LogP contribution in [0.4, 0.5) is 0 Å². The zero-order chi connectivity index (χ0) is 20.4. The maximum absolute atomic E-state index is 12.6. The van der Waals surface area contributed by atoms with Crippen LogP contribution in [0.25, 0.3) is 0 Å². The molecule has 0 aliphatic heterocycles. The molecule has 6 nitrogen and oxygen atoms in total. The number of hydrogen-bond acceptors (Lipinski definition) is 5. The second-order valence-corrected chi connectivity index (χ2v) is 8.26. The predicted octanol–water partition coefficient (Wildman–Crippen LogP) is 2.87. The van der Waals surface area contributed by atoms with Crippen molar-refractivity contribution in [3.05, 3.63) is 63.7 Å². The molecular formula is C20H23NO5S. The average Bonchev–Trinajstić information content (AvgIpc) is 2.64. The van der Waals surface area contributed by atoms with E-state index in [1.165, 1.54) is 31.3 Å². The zero-order valence-electron chi connectivity index (χ0n) is 16.0. The second-order valence-electron chi connectivity index (χ2n) is 6.37. The molecule has 0 saturated carbocycles. The lowest BCUT2D eigenvalue weighted by molar-refractivity contribution is 0.0474. The van der Waals surface area contributed by atoms with Crippen LogP contribution in [0.15, 0.2) is 35.2 Å². The number of ketones is 1. The van der Waals surface area contributed by atoms with Gasteiger partial charge in [-0.3, -0.25) is 4.79 Å². The summed E-state index contributed by atoms with van der Waals surface area (Å²) in [6.45, 7) is 7.24. The summed E-state index contributed by atoms with van der Waals surface area (Å²) in [4.78, 5) is 24.8. The first-order valence-corrected chi connectivity index (χ1v) is 9.88. The fourth-order valence-electron chi connectivity index (χ4n) is 2.91. The number of hydrogen-bond donors (Lipinski definition) is 1. The van der Waals surface area contributed by atoms with Crippen LogP contribution in [0.3, 0.4) is 0 Å². The third kappa shape index (κ3) is 4.43. The highest BCUT2D eigenvalue weighted by atomic mass is 32.2.